The van der Waals surface area contributed by atoms with E-state index in [2.05, 4.69) is 17.0 Å². The van der Waals surface area contributed by atoms with Crippen molar-refractivity contribution in [2.24, 2.45) is 5.92 Å². The molecule has 2 heterocycles. The number of benzene rings is 1. The van der Waals surface area contributed by atoms with E-state index in [0.29, 0.717) is 6.54 Å². The molecule has 1 N–H and O–H groups in total. The lowest BCUT2D eigenvalue weighted by Crippen LogP contribution is -2.48. The standard InChI is InChI=1S/C19H26N2O4/c1-25-19(24)17-10-16(22)13-21(17)18(23)15-8-5-9-20(12-15)11-14-6-3-2-4-7-14/h2-4,6-7,15-17,22H,5,8-13H2,1H3/t15-,16-,17+/m1/s1. The molecule has 25 heavy (non-hydrogen) atoms. The van der Waals surface area contributed by atoms with Crippen molar-refractivity contribution in [3.05, 3.63) is 35.9 Å². The number of likely N-dealkylation sites (tertiary alicyclic amines) is 2. The Morgan fingerprint density at radius 1 is 1.24 bits per heavy atom. The largest absolute Gasteiger partial charge is 0.467 e. The summed E-state index contributed by atoms with van der Waals surface area (Å²) < 4.78 is 4.80. The molecule has 0 radical (unpaired) electrons. The van der Waals surface area contributed by atoms with Crippen LogP contribution in [0.3, 0.4) is 0 Å². The predicted octanol–water partition coefficient (Wildman–Crippen LogP) is 1.03. The maximum atomic E-state index is 13.0. The molecule has 3 rings (SSSR count). The number of amides is 1. The summed E-state index contributed by atoms with van der Waals surface area (Å²) in [6.45, 7) is 2.71. The molecule has 6 heteroatoms. The lowest BCUT2D eigenvalue weighted by atomic mass is 9.95. The van der Waals surface area contributed by atoms with Gasteiger partial charge in [-0.15, -0.1) is 0 Å². The maximum Gasteiger partial charge on any atom is 0.328 e. The first-order chi connectivity index (χ1) is 12.1. The van der Waals surface area contributed by atoms with Gasteiger partial charge in [-0.2, -0.15) is 0 Å². The van der Waals surface area contributed by atoms with E-state index in [1.807, 2.05) is 18.2 Å². The number of nitrogens with zero attached hydrogens (tertiary/aromatic N) is 2. The van der Waals surface area contributed by atoms with Crippen LogP contribution in [0.4, 0.5) is 0 Å². The number of carbonyl (C=O) groups excluding carboxylic acids is 2. The first kappa shape index (κ1) is 17.9. The number of piperidine rings is 1. The SMILES string of the molecule is COC(=O)[C@@H]1C[C@@H](O)CN1C(=O)[C@@H]1CCCN(Cc2ccccc2)C1. The van der Waals surface area contributed by atoms with Gasteiger partial charge >= 0.3 is 5.97 Å². The van der Waals surface area contributed by atoms with E-state index in [1.54, 1.807) is 0 Å². The van der Waals surface area contributed by atoms with Gasteiger partial charge in [0.25, 0.3) is 0 Å². The van der Waals surface area contributed by atoms with Crippen LogP contribution in [0.5, 0.6) is 0 Å². The van der Waals surface area contributed by atoms with E-state index in [9.17, 15) is 14.7 Å². The monoisotopic (exact) mass is 346 g/mol. The summed E-state index contributed by atoms with van der Waals surface area (Å²) in [5.41, 5.74) is 1.24. The minimum absolute atomic E-state index is 0.0373. The van der Waals surface area contributed by atoms with Crippen molar-refractivity contribution in [3.8, 4) is 0 Å². The first-order valence-electron chi connectivity index (χ1n) is 8.91. The van der Waals surface area contributed by atoms with Crippen molar-refractivity contribution in [2.45, 2.75) is 38.0 Å². The number of ether oxygens (including phenoxy) is 1. The van der Waals surface area contributed by atoms with E-state index in [-0.39, 0.29) is 24.8 Å². The van der Waals surface area contributed by atoms with Crippen molar-refractivity contribution in [1.82, 2.24) is 9.80 Å². The molecule has 0 saturated carbocycles. The summed E-state index contributed by atoms with van der Waals surface area (Å²) in [7, 11) is 1.32. The van der Waals surface area contributed by atoms with Crippen molar-refractivity contribution < 1.29 is 19.4 Å². The van der Waals surface area contributed by atoms with Crippen molar-refractivity contribution in [3.63, 3.8) is 0 Å². The lowest BCUT2D eigenvalue weighted by molar-refractivity contribution is -0.153. The number of hydrogen-bond donors (Lipinski definition) is 1. The quantitative estimate of drug-likeness (QED) is 0.825. The van der Waals surface area contributed by atoms with Crippen molar-refractivity contribution in [2.75, 3.05) is 26.7 Å². The molecule has 1 aromatic rings. The van der Waals surface area contributed by atoms with Crippen molar-refractivity contribution >= 4 is 11.9 Å². The summed E-state index contributed by atoms with van der Waals surface area (Å²) in [6, 6.07) is 9.57. The second-order valence-electron chi connectivity index (χ2n) is 6.98. The molecule has 0 unspecified atom stereocenters. The van der Waals surface area contributed by atoms with Gasteiger partial charge in [0, 0.05) is 26.1 Å². The summed E-state index contributed by atoms with van der Waals surface area (Å²) in [5, 5.41) is 9.90. The second-order valence-corrected chi connectivity index (χ2v) is 6.98. The highest BCUT2D eigenvalue weighted by atomic mass is 16.5. The fourth-order valence-corrected chi connectivity index (χ4v) is 3.89. The molecule has 0 bridgehead atoms. The topological polar surface area (TPSA) is 70.1 Å². The molecular weight excluding hydrogens is 320 g/mol. The van der Waals surface area contributed by atoms with Crippen LogP contribution in [-0.4, -0.2) is 65.7 Å². The number of aliphatic hydroxyl groups excluding tert-OH is 1. The molecule has 2 fully saturated rings. The van der Waals surface area contributed by atoms with Crippen molar-refractivity contribution in [1.29, 1.82) is 0 Å². The molecular formula is C19H26N2O4. The van der Waals surface area contributed by atoms with E-state index in [0.717, 1.165) is 25.9 Å². The number of hydrogen-bond acceptors (Lipinski definition) is 5. The molecule has 2 saturated heterocycles. The Hall–Kier alpha value is -1.92. The molecule has 6 nitrogen and oxygen atoms in total. The highest BCUT2D eigenvalue weighted by Crippen LogP contribution is 2.26. The third-order valence-corrected chi connectivity index (χ3v) is 5.14. The summed E-state index contributed by atoms with van der Waals surface area (Å²) in [4.78, 5) is 28.7. The van der Waals surface area contributed by atoms with Gasteiger partial charge in [-0.25, -0.2) is 4.79 Å². The fourth-order valence-electron chi connectivity index (χ4n) is 3.89. The number of rotatable bonds is 4. The molecule has 136 valence electrons. The zero-order chi connectivity index (χ0) is 17.8. The Balaban J connectivity index is 1.64. The van der Waals surface area contributed by atoms with E-state index >= 15 is 0 Å². The van der Waals surface area contributed by atoms with E-state index in [4.69, 9.17) is 4.74 Å². The number of esters is 1. The average molecular weight is 346 g/mol. The van der Waals surface area contributed by atoms with Gasteiger partial charge in [0.15, 0.2) is 0 Å². The minimum Gasteiger partial charge on any atom is -0.467 e. The fraction of sp³-hybridized carbons (Fsp3) is 0.579. The van der Waals surface area contributed by atoms with Crippen LogP contribution in [0.15, 0.2) is 30.3 Å². The normalized spacial score (nSPS) is 27.3. The lowest BCUT2D eigenvalue weighted by Gasteiger charge is -2.35. The number of methoxy groups -OCH3 is 1. The van der Waals surface area contributed by atoms with Crippen LogP contribution < -0.4 is 0 Å². The molecule has 0 aromatic heterocycles. The number of β-amino-alcohol motifs (C(OH)–C–C–N with tert-alkyl or cyclic N) is 1. The van der Waals surface area contributed by atoms with Gasteiger partial charge in [-0.1, -0.05) is 30.3 Å². The maximum absolute atomic E-state index is 13.0. The van der Waals surface area contributed by atoms with Gasteiger partial charge < -0.3 is 14.7 Å². The smallest absolute Gasteiger partial charge is 0.328 e. The second kappa shape index (κ2) is 7.97. The van der Waals surface area contributed by atoms with Crippen LogP contribution >= 0.6 is 0 Å². The molecule has 2 aliphatic rings. The Labute approximate surface area is 148 Å². The van der Waals surface area contributed by atoms with E-state index in [1.165, 1.54) is 17.6 Å². The Kier molecular flexibility index (Phi) is 5.71. The summed E-state index contributed by atoms with van der Waals surface area (Å²) in [5.74, 6) is -0.610. The minimum atomic E-state index is -0.656. The van der Waals surface area contributed by atoms with Crippen LogP contribution in [0.2, 0.25) is 0 Å². The number of carbonyl (C=O) groups is 2. The van der Waals surface area contributed by atoms with E-state index < -0.39 is 18.1 Å². The molecule has 0 aliphatic carbocycles. The number of aliphatic hydroxyl groups is 1. The van der Waals surface area contributed by atoms with Crippen LogP contribution in [0.1, 0.15) is 24.8 Å². The Bertz CT molecular complexity index is 607. The molecule has 1 amide bonds. The molecule has 2 aliphatic heterocycles. The third-order valence-electron chi connectivity index (χ3n) is 5.14. The van der Waals surface area contributed by atoms with Crippen LogP contribution in [0.25, 0.3) is 0 Å². The summed E-state index contributed by atoms with van der Waals surface area (Å²) >= 11 is 0. The Morgan fingerprint density at radius 2 is 2.00 bits per heavy atom. The molecule has 0 spiro atoms. The zero-order valence-corrected chi connectivity index (χ0v) is 14.6. The summed E-state index contributed by atoms with van der Waals surface area (Å²) in [6.07, 6.45) is 1.39. The van der Waals surface area contributed by atoms with Gasteiger partial charge in [0.1, 0.15) is 6.04 Å². The third kappa shape index (κ3) is 4.19. The first-order valence-corrected chi connectivity index (χ1v) is 8.91. The molecule has 1 aromatic carbocycles. The average Bonchev–Trinajstić information content (AvgIpc) is 3.03. The predicted molar refractivity (Wildman–Crippen MR) is 92.6 cm³/mol. The van der Waals surface area contributed by atoms with Gasteiger partial charge in [-0.05, 0) is 24.9 Å². The highest BCUT2D eigenvalue weighted by molar-refractivity contribution is 5.86. The van der Waals surface area contributed by atoms with Gasteiger partial charge in [-0.3, -0.25) is 9.69 Å². The Morgan fingerprint density at radius 3 is 2.72 bits per heavy atom. The van der Waals surface area contributed by atoms with Crippen LogP contribution in [0, 0.1) is 5.92 Å². The molecule has 3 atom stereocenters. The van der Waals surface area contributed by atoms with Gasteiger partial charge in [0.2, 0.25) is 5.91 Å². The highest BCUT2D eigenvalue weighted by Gasteiger charge is 2.42. The zero-order valence-electron chi connectivity index (χ0n) is 14.6. The van der Waals surface area contributed by atoms with Crippen LogP contribution in [-0.2, 0) is 20.9 Å². The van der Waals surface area contributed by atoms with Gasteiger partial charge in [0.05, 0.1) is 19.1 Å².